The van der Waals surface area contributed by atoms with Crippen LogP contribution in [0.2, 0.25) is 5.02 Å². The molecule has 94 valence electrons. The zero-order valence-electron chi connectivity index (χ0n) is 9.72. The largest absolute Gasteiger partial charge is 0.376 e. The van der Waals surface area contributed by atoms with E-state index in [0.717, 1.165) is 25.9 Å². The smallest absolute Gasteiger partial charge is 0.128 e. The maximum Gasteiger partial charge on any atom is 0.128 e. The molecule has 1 aliphatic rings. The van der Waals surface area contributed by atoms with E-state index in [9.17, 15) is 4.39 Å². The predicted octanol–water partition coefficient (Wildman–Crippen LogP) is 3.00. The molecule has 4 heteroatoms. The molecule has 1 fully saturated rings. The van der Waals surface area contributed by atoms with Gasteiger partial charge in [0.15, 0.2) is 0 Å². The Kier molecular flexibility index (Phi) is 4.77. The monoisotopic (exact) mass is 257 g/mol. The number of halogens is 2. The summed E-state index contributed by atoms with van der Waals surface area (Å²) in [6.45, 7) is 3.11. The van der Waals surface area contributed by atoms with Crippen molar-refractivity contribution in [2.75, 3.05) is 19.7 Å². The Morgan fingerprint density at radius 2 is 2.12 bits per heavy atom. The molecule has 2 rings (SSSR count). The van der Waals surface area contributed by atoms with E-state index in [4.69, 9.17) is 16.3 Å². The van der Waals surface area contributed by atoms with Gasteiger partial charge < -0.3 is 10.1 Å². The fraction of sp³-hybridized carbons (Fsp3) is 0.538. The Balaban J connectivity index is 1.79. The zero-order valence-corrected chi connectivity index (χ0v) is 10.5. The molecule has 1 aliphatic heterocycles. The van der Waals surface area contributed by atoms with Crippen molar-refractivity contribution in [2.24, 2.45) is 5.92 Å². The van der Waals surface area contributed by atoms with Crippen molar-refractivity contribution < 1.29 is 9.13 Å². The third-order valence-electron chi connectivity index (χ3n) is 3.08. The molecule has 2 nitrogen and oxygen atoms in total. The summed E-state index contributed by atoms with van der Waals surface area (Å²) >= 11 is 5.81. The second-order valence-electron chi connectivity index (χ2n) is 4.44. The average Bonchev–Trinajstić information content (AvgIpc) is 2.35. The van der Waals surface area contributed by atoms with Crippen LogP contribution in [0.3, 0.4) is 0 Å². The lowest BCUT2D eigenvalue weighted by molar-refractivity contribution is 0.0747. The quantitative estimate of drug-likeness (QED) is 0.895. The van der Waals surface area contributed by atoms with Crippen molar-refractivity contribution >= 4 is 11.6 Å². The molecular weight excluding hydrogens is 241 g/mol. The van der Waals surface area contributed by atoms with Gasteiger partial charge in [0, 0.05) is 17.2 Å². The third kappa shape index (κ3) is 3.95. The van der Waals surface area contributed by atoms with Crippen LogP contribution < -0.4 is 5.32 Å². The Bertz CT molecular complexity index is 366. The van der Waals surface area contributed by atoms with Crippen molar-refractivity contribution in [2.45, 2.75) is 19.4 Å². The Hall–Kier alpha value is -0.640. The lowest BCUT2D eigenvalue weighted by atomic mass is 9.99. The van der Waals surface area contributed by atoms with Crippen LogP contribution in [0.4, 0.5) is 4.39 Å². The highest BCUT2D eigenvalue weighted by Crippen LogP contribution is 2.17. The number of nitrogens with one attached hydrogen (secondary N) is 1. The van der Waals surface area contributed by atoms with Gasteiger partial charge in [-0.15, -0.1) is 0 Å². The van der Waals surface area contributed by atoms with Crippen molar-refractivity contribution in [3.63, 3.8) is 0 Å². The van der Waals surface area contributed by atoms with Crippen LogP contribution in [0.25, 0.3) is 0 Å². The van der Waals surface area contributed by atoms with Gasteiger partial charge in [0.25, 0.3) is 0 Å². The van der Waals surface area contributed by atoms with Crippen molar-refractivity contribution in [3.05, 3.63) is 34.6 Å². The highest BCUT2D eigenvalue weighted by Gasteiger charge is 2.13. The van der Waals surface area contributed by atoms with Gasteiger partial charge in [-0.2, -0.15) is 0 Å². The first-order valence-electron chi connectivity index (χ1n) is 5.98. The van der Waals surface area contributed by atoms with Gasteiger partial charge in [-0.1, -0.05) is 11.6 Å². The Morgan fingerprint density at radius 3 is 2.88 bits per heavy atom. The molecule has 0 radical (unpaired) electrons. The van der Waals surface area contributed by atoms with E-state index in [1.807, 2.05) is 0 Å². The topological polar surface area (TPSA) is 21.3 Å². The minimum Gasteiger partial charge on any atom is -0.376 e. The molecule has 1 heterocycles. The molecule has 0 spiro atoms. The number of hydrogen-bond donors (Lipinski definition) is 1. The van der Waals surface area contributed by atoms with E-state index >= 15 is 0 Å². The molecule has 0 aliphatic carbocycles. The number of ether oxygens (including phenoxy) is 1. The zero-order chi connectivity index (χ0) is 12.1. The molecular formula is C13H17ClFNO. The molecule has 0 saturated carbocycles. The third-order valence-corrected chi connectivity index (χ3v) is 3.31. The number of benzene rings is 1. The highest BCUT2D eigenvalue weighted by atomic mass is 35.5. The van der Waals surface area contributed by atoms with Crippen molar-refractivity contribution in [3.8, 4) is 0 Å². The first-order chi connectivity index (χ1) is 8.25. The molecule has 1 aromatic rings. The standard InChI is InChI=1S/C13H17ClFNO/c14-12-1-2-13(15)11(7-12)9-17-8-10-3-5-16-6-4-10/h1-2,7,10,16H,3-6,8-9H2. The summed E-state index contributed by atoms with van der Waals surface area (Å²) in [5.41, 5.74) is 0.534. The molecule has 1 aromatic carbocycles. The summed E-state index contributed by atoms with van der Waals surface area (Å²) in [5, 5.41) is 3.85. The summed E-state index contributed by atoms with van der Waals surface area (Å²) in [6.07, 6.45) is 2.27. The number of piperidine rings is 1. The summed E-state index contributed by atoms with van der Waals surface area (Å²) in [5.74, 6) is 0.346. The minimum atomic E-state index is -0.250. The van der Waals surface area contributed by atoms with Gasteiger partial charge in [0.2, 0.25) is 0 Å². The molecule has 1 N–H and O–H groups in total. The predicted molar refractivity (Wildman–Crippen MR) is 66.7 cm³/mol. The van der Waals surface area contributed by atoms with Crippen LogP contribution >= 0.6 is 11.6 Å². The van der Waals surface area contributed by atoms with Gasteiger partial charge in [0.05, 0.1) is 6.61 Å². The van der Waals surface area contributed by atoms with Crippen molar-refractivity contribution in [1.29, 1.82) is 0 Å². The van der Waals surface area contributed by atoms with E-state index < -0.39 is 0 Å². The van der Waals surface area contributed by atoms with Crippen LogP contribution in [0.15, 0.2) is 18.2 Å². The molecule has 0 aromatic heterocycles. The number of hydrogen-bond acceptors (Lipinski definition) is 2. The van der Waals surface area contributed by atoms with Gasteiger partial charge in [-0.05, 0) is 50.0 Å². The minimum absolute atomic E-state index is 0.250. The van der Waals surface area contributed by atoms with E-state index in [1.165, 1.54) is 6.07 Å². The molecule has 0 atom stereocenters. The first kappa shape index (κ1) is 12.8. The lowest BCUT2D eigenvalue weighted by Gasteiger charge is -2.22. The highest BCUT2D eigenvalue weighted by molar-refractivity contribution is 6.30. The van der Waals surface area contributed by atoms with E-state index in [2.05, 4.69) is 5.32 Å². The maximum atomic E-state index is 13.4. The van der Waals surface area contributed by atoms with Crippen LogP contribution in [0.1, 0.15) is 18.4 Å². The molecule has 0 bridgehead atoms. The fourth-order valence-corrected chi connectivity index (χ4v) is 2.23. The maximum absolute atomic E-state index is 13.4. The summed E-state index contributed by atoms with van der Waals surface area (Å²) in [4.78, 5) is 0. The number of rotatable bonds is 4. The molecule has 1 saturated heterocycles. The van der Waals surface area contributed by atoms with Crippen molar-refractivity contribution in [1.82, 2.24) is 5.32 Å². The normalized spacial score (nSPS) is 17.3. The summed E-state index contributed by atoms with van der Waals surface area (Å²) < 4.78 is 19.0. The van der Waals surface area contributed by atoms with E-state index in [0.29, 0.717) is 29.7 Å². The van der Waals surface area contributed by atoms with E-state index in [-0.39, 0.29) is 5.82 Å². The van der Waals surface area contributed by atoms with Crippen LogP contribution in [-0.2, 0) is 11.3 Å². The Morgan fingerprint density at radius 1 is 1.35 bits per heavy atom. The average molecular weight is 258 g/mol. The first-order valence-corrected chi connectivity index (χ1v) is 6.36. The van der Waals surface area contributed by atoms with Crippen LogP contribution in [0.5, 0.6) is 0 Å². The van der Waals surface area contributed by atoms with Gasteiger partial charge in [-0.3, -0.25) is 0 Å². The van der Waals surface area contributed by atoms with Crippen LogP contribution in [0, 0.1) is 11.7 Å². The lowest BCUT2D eigenvalue weighted by Crippen LogP contribution is -2.29. The summed E-state index contributed by atoms with van der Waals surface area (Å²) in [6, 6.07) is 4.55. The SMILES string of the molecule is Fc1ccc(Cl)cc1COCC1CCNCC1. The van der Waals surface area contributed by atoms with E-state index in [1.54, 1.807) is 12.1 Å². The fourth-order valence-electron chi connectivity index (χ4n) is 2.04. The second-order valence-corrected chi connectivity index (χ2v) is 4.88. The van der Waals surface area contributed by atoms with Gasteiger partial charge >= 0.3 is 0 Å². The summed E-state index contributed by atoms with van der Waals surface area (Å²) in [7, 11) is 0. The molecule has 0 unspecified atom stereocenters. The molecule has 17 heavy (non-hydrogen) atoms. The Labute approximate surface area is 106 Å². The van der Waals surface area contributed by atoms with Crippen LogP contribution in [-0.4, -0.2) is 19.7 Å². The van der Waals surface area contributed by atoms with Gasteiger partial charge in [-0.25, -0.2) is 4.39 Å². The van der Waals surface area contributed by atoms with Gasteiger partial charge in [0.1, 0.15) is 5.82 Å². The second kappa shape index (κ2) is 6.34. The molecule has 0 amide bonds.